The third-order valence-electron chi connectivity index (χ3n) is 6.75. The number of nitrogens with one attached hydrogen (secondary N) is 2. The fourth-order valence-corrected chi connectivity index (χ4v) is 5.17. The highest BCUT2D eigenvalue weighted by Crippen LogP contribution is 2.44. The number of carboxylic acids is 1. The van der Waals surface area contributed by atoms with Crippen molar-refractivity contribution in [1.82, 2.24) is 10.6 Å². The van der Waals surface area contributed by atoms with Gasteiger partial charge in [-0.2, -0.15) is 11.8 Å². The Bertz CT molecular complexity index is 1010. The molecule has 0 aromatic heterocycles. The van der Waals surface area contributed by atoms with Crippen molar-refractivity contribution in [2.24, 2.45) is 5.92 Å². The van der Waals surface area contributed by atoms with E-state index in [9.17, 15) is 19.5 Å². The lowest BCUT2D eigenvalue weighted by Gasteiger charge is -2.32. The normalized spacial score (nSPS) is 16.5. The molecular weight excluding hydrogens is 452 g/mol. The minimum Gasteiger partial charge on any atom is -0.480 e. The van der Waals surface area contributed by atoms with Crippen LogP contribution in [0.3, 0.4) is 0 Å². The molecule has 4 rings (SSSR count). The molecule has 2 amide bonds. The van der Waals surface area contributed by atoms with E-state index in [1.165, 1.54) is 0 Å². The second kappa shape index (κ2) is 11.0. The molecule has 2 atom stereocenters. The number of benzene rings is 2. The van der Waals surface area contributed by atoms with Crippen LogP contribution in [0.5, 0.6) is 0 Å². The van der Waals surface area contributed by atoms with Gasteiger partial charge in [0.05, 0.1) is 0 Å². The number of carboxylic acid groups (broad SMARTS) is 1. The number of ether oxygens (including phenoxy) is 1. The smallest absolute Gasteiger partial charge is 0.407 e. The van der Waals surface area contributed by atoms with Crippen LogP contribution in [0.4, 0.5) is 4.79 Å². The molecule has 0 radical (unpaired) electrons. The molecule has 2 aliphatic rings. The molecule has 0 aliphatic heterocycles. The van der Waals surface area contributed by atoms with Crippen LogP contribution < -0.4 is 10.6 Å². The maximum absolute atomic E-state index is 12.9. The molecule has 0 saturated heterocycles. The van der Waals surface area contributed by atoms with E-state index in [0.29, 0.717) is 12.2 Å². The first-order valence-electron chi connectivity index (χ1n) is 11.6. The molecule has 7 nitrogen and oxygen atoms in total. The molecule has 0 heterocycles. The van der Waals surface area contributed by atoms with Gasteiger partial charge in [-0.1, -0.05) is 55.0 Å². The average Bonchev–Trinajstić information content (AvgIpc) is 3.12. The highest BCUT2D eigenvalue weighted by Gasteiger charge is 2.36. The van der Waals surface area contributed by atoms with Crippen molar-refractivity contribution in [2.75, 3.05) is 18.6 Å². The lowest BCUT2D eigenvalue weighted by Crippen LogP contribution is -2.55. The number of amides is 2. The zero-order chi connectivity index (χ0) is 24.1. The summed E-state index contributed by atoms with van der Waals surface area (Å²) < 4.78 is 5.58. The number of fused-ring (bicyclic) bond motifs is 3. The first-order valence-corrected chi connectivity index (χ1v) is 13.0. The predicted molar refractivity (Wildman–Crippen MR) is 132 cm³/mol. The Morgan fingerprint density at radius 1 is 1.03 bits per heavy atom. The van der Waals surface area contributed by atoms with Crippen molar-refractivity contribution in [3.8, 4) is 11.1 Å². The van der Waals surface area contributed by atoms with Crippen molar-refractivity contribution in [3.63, 3.8) is 0 Å². The zero-order valence-electron chi connectivity index (χ0n) is 19.2. The van der Waals surface area contributed by atoms with E-state index in [-0.39, 0.29) is 18.4 Å². The maximum atomic E-state index is 12.9. The fourth-order valence-electron chi connectivity index (χ4n) is 4.70. The SMILES string of the molecule is CSCC[C@@H](NC(=O)OCC1c2ccccc2-c2ccccc21)C(=O)NC(C(=O)O)C1CCC1. The number of hydrogen-bond acceptors (Lipinski definition) is 5. The van der Waals surface area contributed by atoms with E-state index in [4.69, 9.17) is 4.74 Å². The number of alkyl carbamates (subject to hydrolysis) is 1. The predicted octanol–water partition coefficient (Wildman–Crippen LogP) is 4.02. The van der Waals surface area contributed by atoms with Crippen LogP contribution in [0, 0.1) is 5.92 Å². The first kappa shape index (κ1) is 24.1. The Kier molecular flexibility index (Phi) is 7.77. The molecule has 3 N–H and O–H groups in total. The van der Waals surface area contributed by atoms with Gasteiger partial charge in [-0.25, -0.2) is 9.59 Å². The van der Waals surface area contributed by atoms with E-state index in [2.05, 4.69) is 22.8 Å². The van der Waals surface area contributed by atoms with Crippen molar-refractivity contribution < 1.29 is 24.2 Å². The van der Waals surface area contributed by atoms with Gasteiger partial charge in [-0.3, -0.25) is 4.79 Å². The quantitative estimate of drug-likeness (QED) is 0.473. The van der Waals surface area contributed by atoms with Gasteiger partial charge in [-0.05, 0) is 59.4 Å². The molecule has 1 unspecified atom stereocenters. The number of aliphatic carboxylic acids is 1. The summed E-state index contributed by atoms with van der Waals surface area (Å²) in [5.74, 6) is -1.02. The van der Waals surface area contributed by atoms with Gasteiger partial charge < -0.3 is 20.5 Å². The zero-order valence-corrected chi connectivity index (χ0v) is 20.0. The molecule has 34 heavy (non-hydrogen) atoms. The molecule has 1 saturated carbocycles. The summed E-state index contributed by atoms with van der Waals surface area (Å²) in [5, 5.41) is 14.8. The second-order valence-corrected chi connectivity index (χ2v) is 9.81. The molecule has 2 aromatic carbocycles. The van der Waals surface area contributed by atoms with E-state index in [0.717, 1.165) is 41.5 Å². The summed E-state index contributed by atoms with van der Waals surface area (Å²) in [6.45, 7) is 0.149. The van der Waals surface area contributed by atoms with Gasteiger partial charge in [-0.15, -0.1) is 0 Å². The Morgan fingerprint density at radius 3 is 2.18 bits per heavy atom. The van der Waals surface area contributed by atoms with Crippen LogP contribution in [-0.2, 0) is 14.3 Å². The Balaban J connectivity index is 1.39. The summed E-state index contributed by atoms with van der Waals surface area (Å²) in [6.07, 6.45) is 4.15. The van der Waals surface area contributed by atoms with Crippen molar-refractivity contribution >= 4 is 29.7 Å². The van der Waals surface area contributed by atoms with Gasteiger partial charge in [0, 0.05) is 5.92 Å². The molecule has 2 aliphatic carbocycles. The van der Waals surface area contributed by atoms with Crippen LogP contribution in [-0.4, -0.2) is 53.8 Å². The summed E-state index contributed by atoms with van der Waals surface area (Å²) in [4.78, 5) is 37.2. The minimum absolute atomic E-state index is 0.0582. The fraction of sp³-hybridized carbons (Fsp3) is 0.423. The minimum atomic E-state index is -1.04. The molecule has 1 fully saturated rings. The van der Waals surface area contributed by atoms with Crippen LogP contribution in [0.15, 0.2) is 48.5 Å². The molecule has 0 bridgehead atoms. The molecule has 8 heteroatoms. The standard InChI is InChI=1S/C26H30N2O5S/c1-34-14-13-22(24(29)28-23(25(30)31)16-7-6-8-16)27-26(32)33-15-21-19-11-4-2-9-17(19)18-10-3-5-12-20(18)21/h2-5,9-12,16,21-23H,6-8,13-15H2,1H3,(H,27,32)(H,28,29)(H,30,31)/t22-,23?/m1/s1. The van der Waals surface area contributed by atoms with E-state index >= 15 is 0 Å². The van der Waals surface area contributed by atoms with E-state index in [1.807, 2.05) is 42.7 Å². The number of carbonyl (C=O) groups is 3. The van der Waals surface area contributed by atoms with Gasteiger partial charge in [0.1, 0.15) is 18.7 Å². The lowest BCUT2D eigenvalue weighted by atomic mass is 9.79. The largest absolute Gasteiger partial charge is 0.480 e. The van der Waals surface area contributed by atoms with Gasteiger partial charge in [0.25, 0.3) is 0 Å². The number of carbonyl (C=O) groups excluding carboxylic acids is 2. The highest BCUT2D eigenvalue weighted by atomic mass is 32.2. The van der Waals surface area contributed by atoms with Crippen LogP contribution in [0.2, 0.25) is 0 Å². The summed E-state index contributed by atoms with van der Waals surface area (Å²) in [5.41, 5.74) is 4.50. The molecule has 2 aromatic rings. The number of hydrogen-bond donors (Lipinski definition) is 3. The third-order valence-corrected chi connectivity index (χ3v) is 7.39. The topological polar surface area (TPSA) is 105 Å². The molecule has 180 valence electrons. The van der Waals surface area contributed by atoms with Crippen LogP contribution >= 0.6 is 11.8 Å². The number of rotatable bonds is 10. The van der Waals surface area contributed by atoms with E-state index in [1.54, 1.807) is 11.8 Å². The number of thioether (sulfide) groups is 1. The van der Waals surface area contributed by atoms with Gasteiger partial charge in [0.15, 0.2) is 0 Å². The second-order valence-electron chi connectivity index (χ2n) is 8.82. The van der Waals surface area contributed by atoms with Crippen molar-refractivity contribution in [3.05, 3.63) is 59.7 Å². The highest BCUT2D eigenvalue weighted by molar-refractivity contribution is 7.98. The van der Waals surface area contributed by atoms with Gasteiger partial charge in [0.2, 0.25) is 5.91 Å². The Morgan fingerprint density at radius 2 is 1.65 bits per heavy atom. The van der Waals surface area contributed by atoms with Crippen molar-refractivity contribution in [2.45, 2.75) is 43.7 Å². The lowest BCUT2D eigenvalue weighted by molar-refractivity contribution is -0.144. The monoisotopic (exact) mass is 482 g/mol. The summed E-state index contributed by atoms with van der Waals surface area (Å²) in [6, 6.07) is 14.4. The maximum Gasteiger partial charge on any atom is 0.407 e. The third kappa shape index (κ3) is 5.22. The van der Waals surface area contributed by atoms with Gasteiger partial charge >= 0.3 is 12.1 Å². The van der Waals surface area contributed by atoms with Crippen LogP contribution in [0.25, 0.3) is 11.1 Å². The van der Waals surface area contributed by atoms with E-state index < -0.39 is 30.1 Å². The first-order chi connectivity index (χ1) is 16.5. The van der Waals surface area contributed by atoms with Crippen LogP contribution in [0.1, 0.15) is 42.7 Å². The molecular formula is C26H30N2O5S. The summed E-state index contributed by atoms with van der Waals surface area (Å²) >= 11 is 1.55. The Labute approximate surface area is 203 Å². The molecule has 0 spiro atoms. The average molecular weight is 483 g/mol. The van der Waals surface area contributed by atoms with Crippen molar-refractivity contribution in [1.29, 1.82) is 0 Å². The Hall–Kier alpha value is -3.00. The summed E-state index contributed by atoms with van der Waals surface area (Å²) in [7, 11) is 0.